The van der Waals surface area contributed by atoms with Crippen molar-refractivity contribution in [2.75, 3.05) is 24.9 Å². The molecule has 0 saturated heterocycles. The van der Waals surface area contributed by atoms with Gasteiger partial charge >= 0.3 is 10.2 Å². The first-order valence-corrected chi connectivity index (χ1v) is 10.8. The molecule has 6 nitrogen and oxygen atoms in total. The SMILES string of the molecule is CC(C)CC(NC(=O)CN(c1ccc(F)cc1)S(=O)(=O)N(C)C)c1ccccc1. The Balaban J connectivity index is 2.27. The highest BCUT2D eigenvalue weighted by Crippen LogP contribution is 2.23. The number of carbonyl (C=O) groups is 1. The van der Waals surface area contributed by atoms with E-state index in [1.54, 1.807) is 0 Å². The number of rotatable bonds is 9. The van der Waals surface area contributed by atoms with Crippen molar-refractivity contribution in [1.82, 2.24) is 9.62 Å². The number of hydrogen-bond donors (Lipinski definition) is 1. The van der Waals surface area contributed by atoms with Gasteiger partial charge in [-0.1, -0.05) is 44.2 Å². The molecule has 2 aromatic rings. The quantitative estimate of drug-likeness (QED) is 0.675. The Hall–Kier alpha value is -2.45. The predicted molar refractivity (Wildman–Crippen MR) is 113 cm³/mol. The number of carbonyl (C=O) groups excluding carboxylic acids is 1. The van der Waals surface area contributed by atoms with E-state index in [9.17, 15) is 17.6 Å². The van der Waals surface area contributed by atoms with Crippen molar-refractivity contribution in [2.24, 2.45) is 5.92 Å². The first-order valence-electron chi connectivity index (χ1n) is 9.41. The molecule has 1 unspecified atom stereocenters. The minimum Gasteiger partial charge on any atom is -0.348 e. The van der Waals surface area contributed by atoms with Crippen LogP contribution in [0.25, 0.3) is 0 Å². The third kappa shape index (κ3) is 6.27. The van der Waals surface area contributed by atoms with Crippen molar-refractivity contribution < 1.29 is 17.6 Å². The van der Waals surface area contributed by atoms with E-state index in [2.05, 4.69) is 19.2 Å². The van der Waals surface area contributed by atoms with Gasteiger partial charge in [0, 0.05) is 14.1 Å². The lowest BCUT2D eigenvalue weighted by Crippen LogP contribution is -2.46. The molecule has 0 radical (unpaired) electrons. The van der Waals surface area contributed by atoms with Crippen LogP contribution >= 0.6 is 0 Å². The van der Waals surface area contributed by atoms with Crippen LogP contribution in [-0.4, -0.2) is 39.3 Å². The topological polar surface area (TPSA) is 69.7 Å². The normalized spacial score (nSPS) is 12.8. The van der Waals surface area contributed by atoms with Crippen LogP contribution in [0.1, 0.15) is 31.9 Å². The number of halogens is 1. The summed E-state index contributed by atoms with van der Waals surface area (Å²) in [5.74, 6) is -0.588. The van der Waals surface area contributed by atoms with Crippen LogP contribution in [0.4, 0.5) is 10.1 Å². The molecule has 1 amide bonds. The second kappa shape index (κ2) is 9.84. The number of nitrogens with zero attached hydrogens (tertiary/aromatic N) is 2. The van der Waals surface area contributed by atoms with E-state index in [0.29, 0.717) is 12.3 Å². The van der Waals surface area contributed by atoms with Gasteiger partial charge < -0.3 is 5.32 Å². The first-order chi connectivity index (χ1) is 13.6. The van der Waals surface area contributed by atoms with E-state index in [1.807, 2.05) is 30.3 Å². The van der Waals surface area contributed by atoms with Gasteiger partial charge in [0.25, 0.3) is 0 Å². The van der Waals surface area contributed by atoms with E-state index in [4.69, 9.17) is 0 Å². The standard InChI is InChI=1S/C21H28FN3O3S/c1-16(2)14-20(17-8-6-5-7-9-17)23-21(26)15-25(29(27,28)24(3)4)19-12-10-18(22)11-13-19/h5-13,16,20H,14-15H2,1-4H3,(H,23,26). The van der Waals surface area contributed by atoms with Gasteiger partial charge in [0.15, 0.2) is 0 Å². The molecule has 0 spiro atoms. The molecule has 0 fully saturated rings. The van der Waals surface area contributed by atoms with Gasteiger partial charge in [0.2, 0.25) is 5.91 Å². The molecule has 1 atom stereocenters. The molecule has 0 heterocycles. The van der Waals surface area contributed by atoms with Gasteiger partial charge in [-0.25, -0.2) is 8.70 Å². The molecule has 2 rings (SSSR count). The molecule has 0 aliphatic rings. The molecule has 0 aromatic heterocycles. The number of amides is 1. The predicted octanol–water partition coefficient (Wildman–Crippen LogP) is 3.34. The van der Waals surface area contributed by atoms with Crippen LogP contribution in [0.15, 0.2) is 54.6 Å². The molecule has 0 saturated carbocycles. The maximum Gasteiger partial charge on any atom is 0.304 e. The van der Waals surface area contributed by atoms with E-state index in [1.165, 1.54) is 26.2 Å². The number of nitrogens with one attached hydrogen (secondary N) is 1. The zero-order chi connectivity index (χ0) is 21.6. The molecule has 0 aliphatic heterocycles. The fourth-order valence-corrected chi connectivity index (χ4v) is 3.98. The van der Waals surface area contributed by atoms with Crippen molar-refractivity contribution in [3.8, 4) is 0 Å². The van der Waals surface area contributed by atoms with Crippen molar-refractivity contribution in [2.45, 2.75) is 26.3 Å². The largest absolute Gasteiger partial charge is 0.348 e. The van der Waals surface area contributed by atoms with Crippen molar-refractivity contribution in [3.63, 3.8) is 0 Å². The third-order valence-corrected chi connectivity index (χ3v) is 6.21. The third-order valence-electron chi connectivity index (χ3n) is 4.39. The minimum atomic E-state index is -3.94. The summed E-state index contributed by atoms with van der Waals surface area (Å²) in [5.41, 5.74) is 1.17. The monoisotopic (exact) mass is 421 g/mol. The van der Waals surface area contributed by atoms with Crippen LogP contribution in [-0.2, 0) is 15.0 Å². The van der Waals surface area contributed by atoms with Crippen LogP contribution < -0.4 is 9.62 Å². The number of benzene rings is 2. The maximum atomic E-state index is 13.3. The van der Waals surface area contributed by atoms with E-state index >= 15 is 0 Å². The maximum absolute atomic E-state index is 13.3. The van der Waals surface area contributed by atoms with Gasteiger partial charge in [-0.2, -0.15) is 12.7 Å². The molecular weight excluding hydrogens is 393 g/mol. The summed E-state index contributed by atoms with van der Waals surface area (Å²) in [7, 11) is -1.17. The Kier molecular flexibility index (Phi) is 7.75. The highest BCUT2D eigenvalue weighted by Gasteiger charge is 2.28. The fourth-order valence-electron chi connectivity index (χ4n) is 2.92. The zero-order valence-electron chi connectivity index (χ0n) is 17.2. The Morgan fingerprint density at radius 1 is 1.03 bits per heavy atom. The van der Waals surface area contributed by atoms with Gasteiger partial charge in [-0.05, 0) is 42.2 Å². The van der Waals surface area contributed by atoms with Crippen LogP contribution in [0, 0.1) is 11.7 Å². The molecule has 1 N–H and O–H groups in total. The van der Waals surface area contributed by atoms with Crippen molar-refractivity contribution in [3.05, 3.63) is 66.0 Å². The Morgan fingerprint density at radius 3 is 2.14 bits per heavy atom. The molecule has 29 heavy (non-hydrogen) atoms. The summed E-state index contributed by atoms with van der Waals surface area (Å²) in [6.07, 6.45) is 0.715. The second-order valence-electron chi connectivity index (χ2n) is 7.43. The zero-order valence-corrected chi connectivity index (χ0v) is 18.0. The first kappa shape index (κ1) is 22.8. The Bertz CT molecular complexity index is 901. The van der Waals surface area contributed by atoms with Gasteiger partial charge in [0.05, 0.1) is 11.7 Å². The van der Waals surface area contributed by atoms with E-state index in [-0.39, 0.29) is 11.7 Å². The summed E-state index contributed by atoms with van der Waals surface area (Å²) in [6.45, 7) is 3.71. The lowest BCUT2D eigenvalue weighted by Gasteiger charge is -2.28. The van der Waals surface area contributed by atoms with Crippen LogP contribution in [0.3, 0.4) is 0 Å². The second-order valence-corrected chi connectivity index (χ2v) is 9.50. The molecule has 8 heteroatoms. The Labute approximate surface area is 172 Å². The molecule has 0 bridgehead atoms. The molecule has 2 aromatic carbocycles. The number of anilines is 1. The van der Waals surface area contributed by atoms with E-state index in [0.717, 1.165) is 26.3 Å². The van der Waals surface area contributed by atoms with Crippen LogP contribution in [0.2, 0.25) is 0 Å². The molecule has 0 aliphatic carbocycles. The smallest absolute Gasteiger partial charge is 0.304 e. The highest BCUT2D eigenvalue weighted by atomic mass is 32.2. The Morgan fingerprint density at radius 2 is 1.62 bits per heavy atom. The number of hydrogen-bond acceptors (Lipinski definition) is 3. The van der Waals surface area contributed by atoms with Crippen molar-refractivity contribution >= 4 is 21.8 Å². The van der Waals surface area contributed by atoms with E-state index < -0.39 is 28.5 Å². The lowest BCUT2D eigenvalue weighted by molar-refractivity contribution is -0.120. The van der Waals surface area contributed by atoms with Crippen LogP contribution in [0.5, 0.6) is 0 Å². The minimum absolute atomic E-state index is 0.218. The lowest BCUT2D eigenvalue weighted by atomic mass is 9.97. The van der Waals surface area contributed by atoms with Crippen molar-refractivity contribution in [1.29, 1.82) is 0 Å². The summed E-state index contributed by atoms with van der Waals surface area (Å²) < 4.78 is 40.8. The highest BCUT2D eigenvalue weighted by molar-refractivity contribution is 7.90. The van der Waals surface area contributed by atoms with Gasteiger partial charge in [-0.3, -0.25) is 4.79 Å². The van der Waals surface area contributed by atoms with Gasteiger partial charge in [0.1, 0.15) is 12.4 Å². The molecular formula is C21H28FN3O3S. The molecule has 158 valence electrons. The summed E-state index contributed by atoms with van der Waals surface area (Å²) in [4.78, 5) is 12.8. The fraction of sp³-hybridized carbons (Fsp3) is 0.381. The average molecular weight is 422 g/mol. The summed E-state index contributed by atoms with van der Waals surface area (Å²) in [6, 6.07) is 14.3. The summed E-state index contributed by atoms with van der Waals surface area (Å²) in [5, 5.41) is 2.95. The summed E-state index contributed by atoms with van der Waals surface area (Å²) >= 11 is 0. The van der Waals surface area contributed by atoms with Gasteiger partial charge in [-0.15, -0.1) is 0 Å². The average Bonchev–Trinajstić information content (AvgIpc) is 2.66.